The average Bonchev–Trinajstić information content (AvgIpc) is 2.86. The van der Waals surface area contributed by atoms with E-state index in [0.29, 0.717) is 40.3 Å². The lowest BCUT2D eigenvalue weighted by atomic mass is 10.1. The van der Waals surface area contributed by atoms with Crippen molar-refractivity contribution < 1.29 is 19.0 Å². The molecule has 1 saturated heterocycles. The van der Waals surface area contributed by atoms with Crippen LogP contribution in [0.15, 0.2) is 41.2 Å². The van der Waals surface area contributed by atoms with Crippen LogP contribution in [0.4, 0.5) is 0 Å². The standard InChI is InChI=1S/C27H34N4O5/c1-6-31(16-25-28-22-12-24(35-5)23(34-4)11-21(22)26(32)29-25)27(33)20-9-7-19(8-10-20)15-30-13-17(2)36-18(3)14-30/h7-12,17-18H,6,13-16H2,1-5H3,(H,28,29,32). The lowest BCUT2D eigenvalue weighted by molar-refractivity contribution is -0.0704. The van der Waals surface area contributed by atoms with Gasteiger partial charge in [0.1, 0.15) is 5.82 Å². The van der Waals surface area contributed by atoms with Gasteiger partial charge in [0, 0.05) is 37.8 Å². The molecule has 192 valence electrons. The van der Waals surface area contributed by atoms with Crippen LogP contribution in [0, 0.1) is 0 Å². The largest absolute Gasteiger partial charge is 0.493 e. The van der Waals surface area contributed by atoms with Gasteiger partial charge in [-0.15, -0.1) is 0 Å². The third kappa shape index (κ3) is 5.68. The number of nitrogens with zero attached hydrogens (tertiary/aromatic N) is 3. The van der Waals surface area contributed by atoms with Gasteiger partial charge in [-0.25, -0.2) is 4.98 Å². The van der Waals surface area contributed by atoms with Crippen molar-refractivity contribution in [1.82, 2.24) is 19.8 Å². The van der Waals surface area contributed by atoms with Crippen molar-refractivity contribution in [3.05, 3.63) is 63.7 Å². The molecule has 3 aromatic rings. The predicted molar refractivity (Wildman–Crippen MR) is 138 cm³/mol. The Morgan fingerprint density at radius 3 is 2.36 bits per heavy atom. The number of H-pyrrole nitrogens is 1. The van der Waals surface area contributed by atoms with Crippen molar-refractivity contribution in [2.24, 2.45) is 0 Å². The lowest BCUT2D eigenvalue weighted by Crippen LogP contribution is -2.44. The SMILES string of the molecule is CCN(Cc1nc2cc(OC)c(OC)cc2c(=O)[nH]1)C(=O)c1ccc(CN2CC(C)OC(C)C2)cc1. The van der Waals surface area contributed by atoms with Crippen molar-refractivity contribution in [2.45, 2.75) is 46.1 Å². The van der Waals surface area contributed by atoms with E-state index in [4.69, 9.17) is 14.2 Å². The monoisotopic (exact) mass is 494 g/mol. The minimum absolute atomic E-state index is 0.118. The molecular formula is C27H34N4O5. The Hall–Kier alpha value is -3.43. The molecule has 9 nitrogen and oxygen atoms in total. The number of ether oxygens (including phenoxy) is 3. The van der Waals surface area contributed by atoms with Crippen LogP contribution in [0.25, 0.3) is 10.9 Å². The van der Waals surface area contributed by atoms with Gasteiger partial charge < -0.3 is 24.1 Å². The maximum atomic E-state index is 13.2. The predicted octanol–water partition coefficient (Wildman–Crippen LogP) is 3.21. The van der Waals surface area contributed by atoms with E-state index in [2.05, 4.69) is 28.7 Å². The van der Waals surface area contributed by atoms with E-state index < -0.39 is 0 Å². The molecule has 0 spiro atoms. The maximum absolute atomic E-state index is 13.2. The number of carbonyl (C=O) groups excluding carboxylic acids is 1. The zero-order chi connectivity index (χ0) is 25.8. The van der Waals surface area contributed by atoms with Crippen LogP contribution in [0.2, 0.25) is 0 Å². The van der Waals surface area contributed by atoms with Gasteiger partial charge >= 0.3 is 0 Å². The molecule has 2 aromatic carbocycles. The Labute approximate surface area is 211 Å². The van der Waals surface area contributed by atoms with E-state index in [1.807, 2.05) is 31.2 Å². The fraction of sp³-hybridized carbons (Fsp3) is 0.444. The van der Waals surface area contributed by atoms with Gasteiger partial charge in [-0.3, -0.25) is 14.5 Å². The van der Waals surface area contributed by atoms with Crippen LogP contribution in [-0.2, 0) is 17.8 Å². The van der Waals surface area contributed by atoms with Gasteiger partial charge in [-0.2, -0.15) is 0 Å². The van der Waals surface area contributed by atoms with Gasteiger partial charge in [0.15, 0.2) is 11.5 Å². The first-order valence-electron chi connectivity index (χ1n) is 12.2. The van der Waals surface area contributed by atoms with Crippen LogP contribution in [-0.4, -0.2) is 71.7 Å². The summed E-state index contributed by atoms with van der Waals surface area (Å²) >= 11 is 0. The van der Waals surface area contributed by atoms with Crippen LogP contribution >= 0.6 is 0 Å². The van der Waals surface area contributed by atoms with Crippen LogP contribution < -0.4 is 15.0 Å². The fourth-order valence-corrected chi connectivity index (χ4v) is 4.70. The first-order valence-corrected chi connectivity index (χ1v) is 12.2. The molecule has 2 atom stereocenters. The zero-order valence-corrected chi connectivity index (χ0v) is 21.5. The van der Waals surface area contributed by atoms with E-state index in [0.717, 1.165) is 25.2 Å². The summed E-state index contributed by atoms with van der Waals surface area (Å²) in [6.45, 7) is 9.34. The molecule has 1 N–H and O–H groups in total. The minimum Gasteiger partial charge on any atom is -0.493 e. The number of hydrogen-bond donors (Lipinski definition) is 1. The summed E-state index contributed by atoms with van der Waals surface area (Å²) in [5, 5.41) is 0.394. The second-order valence-electron chi connectivity index (χ2n) is 9.20. The molecule has 0 bridgehead atoms. The van der Waals surface area contributed by atoms with Crippen LogP contribution in [0.5, 0.6) is 11.5 Å². The van der Waals surface area contributed by atoms with Crippen molar-refractivity contribution >= 4 is 16.8 Å². The summed E-state index contributed by atoms with van der Waals surface area (Å²) < 4.78 is 16.4. The molecule has 2 unspecified atom stereocenters. The van der Waals surface area contributed by atoms with Gasteiger partial charge in [0.2, 0.25) is 0 Å². The third-order valence-electron chi connectivity index (χ3n) is 6.37. The average molecular weight is 495 g/mol. The van der Waals surface area contributed by atoms with E-state index in [-0.39, 0.29) is 30.2 Å². The van der Waals surface area contributed by atoms with Crippen molar-refractivity contribution in [3.63, 3.8) is 0 Å². The number of nitrogens with one attached hydrogen (secondary N) is 1. The Kier molecular flexibility index (Phi) is 7.91. The normalized spacial score (nSPS) is 18.2. The second-order valence-corrected chi connectivity index (χ2v) is 9.20. The molecule has 1 aliphatic rings. The van der Waals surface area contributed by atoms with Crippen LogP contribution in [0.1, 0.15) is 42.5 Å². The van der Waals surface area contributed by atoms with E-state index in [1.54, 1.807) is 17.0 Å². The topological polar surface area (TPSA) is 97.0 Å². The Morgan fingerprint density at radius 1 is 1.11 bits per heavy atom. The maximum Gasteiger partial charge on any atom is 0.258 e. The fourth-order valence-electron chi connectivity index (χ4n) is 4.70. The molecule has 0 aliphatic carbocycles. The highest BCUT2D eigenvalue weighted by atomic mass is 16.5. The number of amides is 1. The number of hydrogen-bond acceptors (Lipinski definition) is 7. The Balaban J connectivity index is 1.49. The molecule has 1 amide bonds. The van der Waals surface area contributed by atoms with Crippen molar-refractivity contribution in [1.29, 1.82) is 0 Å². The van der Waals surface area contributed by atoms with Gasteiger partial charge in [-0.05, 0) is 44.5 Å². The highest BCUT2D eigenvalue weighted by Gasteiger charge is 2.22. The number of methoxy groups -OCH3 is 2. The number of fused-ring (bicyclic) bond motifs is 1. The lowest BCUT2D eigenvalue weighted by Gasteiger charge is -2.35. The third-order valence-corrected chi connectivity index (χ3v) is 6.37. The molecule has 1 fully saturated rings. The molecule has 9 heteroatoms. The summed E-state index contributed by atoms with van der Waals surface area (Å²) in [6.07, 6.45) is 0.428. The molecular weight excluding hydrogens is 460 g/mol. The van der Waals surface area contributed by atoms with Gasteiger partial charge in [0.25, 0.3) is 11.5 Å². The highest BCUT2D eigenvalue weighted by Crippen LogP contribution is 2.30. The number of morpholine rings is 1. The number of benzene rings is 2. The van der Waals surface area contributed by atoms with Crippen molar-refractivity contribution in [2.75, 3.05) is 33.9 Å². The molecule has 1 aromatic heterocycles. The number of aromatic amines is 1. The summed E-state index contributed by atoms with van der Waals surface area (Å²) in [4.78, 5) is 37.4. The molecule has 1 aliphatic heterocycles. The number of carbonyl (C=O) groups is 1. The molecule has 36 heavy (non-hydrogen) atoms. The molecule has 0 radical (unpaired) electrons. The van der Waals surface area contributed by atoms with E-state index in [9.17, 15) is 9.59 Å². The first-order chi connectivity index (χ1) is 17.3. The minimum atomic E-state index is -0.296. The molecule has 4 rings (SSSR count). The summed E-state index contributed by atoms with van der Waals surface area (Å²) in [5.41, 5.74) is 1.93. The van der Waals surface area contributed by atoms with E-state index in [1.165, 1.54) is 14.2 Å². The van der Waals surface area contributed by atoms with Gasteiger partial charge in [0.05, 0.1) is 43.9 Å². The zero-order valence-electron chi connectivity index (χ0n) is 21.5. The second kappa shape index (κ2) is 11.1. The summed E-state index contributed by atoms with van der Waals surface area (Å²) in [5.74, 6) is 1.23. The van der Waals surface area contributed by atoms with Gasteiger partial charge in [-0.1, -0.05) is 12.1 Å². The Bertz CT molecular complexity index is 1260. The van der Waals surface area contributed by atoms with Crippen molar-refractivity contribution in [3.8, 4) is 11.5 Å². The van der Waals surface area contributed by atoms with E-state index >= 15 is 0 Å². The quantitative estimate of drug-likeness (QED) is 0.514. The summed E-state index contributed by atoms with van der Waals surface area (Å²) in [6, 6.07) is 11.0. The first kappa shape index (κ1) is 25.7. The molecule has 0 saturated carbocycles. The van der Waals surface area contributed by atoms with Crippen LogP contribution in [0.3, 0.4) is 0 Å². The summed E-state index contributed by atoms with van der Waals surface area (Å²) in [7, 11) is 3.04. The number of rotatable bonds is 8. The molecule has 2 heterocycles. The highest BCUT2D eigenvalue weighted by molar-refractivity contribution is 5.94. The Morgan fingerprint density at radius 2 is 1.75 bits per heavy atom. The number of aromatic nitrogens is 2. The smallest absolute Gasteiger partial charge is 0.258 e.